The van der Waals surface area contributed by atoms with Gasteiger partial charge in [-0.05, 0) is 30.2 Å². The zero-order valence-corrected chi connectivity index (χ0v) is 13.4. The molecule has 0 saturated heterocycles. The first-order valence-corrected chi connectivity index (χ1v) is 7.96. The molecule has 116 valence electrons. The number of hydrogen-bond donors (Lipinski definition) is 1. The Morgan fingerprint density at radius 2 is 2.13 bits per heavy atom. The summed E-state index contributed by atoms with van der Waals surface area (Å²) in [5.74, 6) is 0. The number of aromatic nitrogens is 6. The molecule has 0 atom stereocenters. The summed E-state index contributed by atoms with van der Waals surface area (Å²) in [5, 5.41) is 0.188. The summed E-state index contributed by atoms with van der Waals surface area (Å²) in [5.41, 5.74) is 5.09. The van der Waals surface area contributed by atoms with Gasteiger partial charge in [-0.15, -0.1) is 0 Å². The second kappa shape index (κ2) is 5.62. The Morgan fingerprint density at radius 1 is 1.22 bits per heavy atom. The van der Waals surface area contributed by atoms with Crippen molar-refractivity contribution in [2.45, 2.75) is 26.3 Å². The summed E-state index contributed by atoms with van der Waals surface area (Å²) in [6.07, 6.45) is 5.79. The standard InChI is InChI=1S/C16H15ClN6/c1-2-3-6-23-9-20-11-7-10(4-5-12(11)23)13-14-15(19-8-18-14)22-16(17)21-13/h4-5,7-9H,2-3,6H2,1H3,(H,18,19,21,22). The van der Waals surface area contributed by atoms with E-state index in [1.165, 1.54) is 0 Å². The lowest BCUT2D eigenvalue weighted by Crippen LogP contribution is -1.95. The van der Waals surface area contributed by atoms with Crippen molar-refractivity contribution < 1.29 is 0 Å². The van der Waals surface area contributed by atoms with Gasteiger partial charge in [0.25, 0.3) is 0 Å². The van der Waals surface area contributed by atoms with Crippen LogP contribution >= 0.6 is 11.6 Å². The van der Waals surface area contributed by atoms with E-state index in [9.17, 15) is 0 Å². The summed E-state index contributed by atoms with van der Waals surface area (Å²) in [6, 6.07) is 6.13. The average Bonchev–Trinajstić information content (AvgIpc) is 3.18. The maximum absolute atomic E-state index is 6.01. The average molecular weight is 327 g/mol. The zero-order valence-electron chi connectivity index (χ0n) is 12.6. The number of aromatic amines is 1. The molecule has 0 amide bonds. The first-order valence-electron chi connectivity index (χ1n) is 7.58. The highest BCUT2D eigenvalue weighted by atomic mass is 35.5. The summed E-state index contributed by atoms with van der Waals surface area (Å²) >= 11 is 6.01. The molecule has 0 aliphatic heterocycles. The lowest BCUT2D eigenvalue weighted by Gasteiger charge is -2.05. The fourth-order valence-electron chi connectivity index (χ4n) is 2.73. The minimum atomic E-state index is 0.188. The first-order chi connectivity index (χ1) is 11.3. The second-order valence-corrected chi connectivity index (χ2v) is 5.78. The third-order valence-electron chi connectivity index (χ3n) is 3.91. The molecule has 0 unspecified atom stereocenters. The Balaban J connectivity index is 1.84. The van der Waals surface area contributed by atoms with Crippen LogP contribution in [0.1, 0.15) is 19.8 Å². The van der Waals surface area contributed by atoms with E-state index >= 15 is 0 Å². The van der Waals surface area contributed by atoms with Crippen molar-refractivity contribution in [3.63, 3.8) is 0 Å². The van der Waals surface area contributed by atoms with Crippen LogP contribution in [0.4, 0.5) is 0 Å². The number of unbranched alkanes of at least 4 members (excludes halogenated alkanes) is 1. The van der Waals surface area contributed by atoms with Crippen LogP contribution in [0.15, 0.2) is 30.9 Å². The Morgan fingerprint density at radius 3 is 3.00 bits per heavy atom. The van der Waals surface area contributed by atoms with E-state index in [0.717, 1.165) is 47.2 Å². The van der Waals surface area contributed by atoms with Crippen LogP contribution in [0.3, 0.4) is 0 Å². The van der Waals surface area contributed by atoms with Crippen molar-refractivity contribution >= 4 is 33.8 Å². The van der Waals surface area contributed by atoms with E-state index in [1.54, 1.807) is 6.33 Å². The first kappa shape index (κ1) is 14.1. The van der Waals surface area contributed by atoms with Crippen LogP contribution in [0.5, 0.6) is 0 Å². The molecule has 4 aromatic rings. The summed E-state index contributed by atoms with van der Waals surface area (Å²) in [6.45, 7) is 3.17. The molecular weight excluding hydrogens is 312 g/mol. The fraction of sp³-hybridized carbons (Fsp3) is 0.250. The topological polar surface area (TPSA) is 72.3 Å². The number of H-pyrrole nitrogens is 1. The normalized spacial score (nSPS) is 11.6. The van der Waals surface area contributed by atoms with Crippen LogP contribution in [0.25, 0.3) is 33.5 Å². The van der Waals surface area contributed by atoms with Crippen molar-refractivity contribution in [2.24, 2.45) is 0 Å². The molecule has 1 aromatic carbocycles. The molecule has 0 aliphatic rings. The third-order valence-corrected chi connectivity index (χ3v) is 4.07. The molecule has 0 radical (unpaired) electrons. The van der Waals surface area contributed by atoms with Gasteiger partial charge >= 0.3 is 0 Å². The van der Waals surface area contributed by atoms with E-state index in [0.29, 0.717) is 5.65 Å². The number of hydrogen-bond acceptors (Lipinski definition) is 4. The number of rotatable bonds is 4. The number of imidazole rings is 2. The minimum absolute atomic E-state index is 0.188. The van der Waals surface area contributed by atoms with E-state index in [1.807, 2.05) is 18.5 Å². The van der Waals surface area contributed by atoms with Crippen LogP contribution in [-0.2, 0) is 6.54 Å². The van der Waals surface area contributed by atoms with Gasteiger partial charge < -0.3 is 9.55 Å². The maximum Gasteiger partial charge on any atom is 0.225 e. The number of benzene rings is 1. The SMILES string of the molecule is CCCCn1cnc2cc(-c3nc(Cl)nc4nc[nH]c34)ccc21. The van der Waals surface area contributed by atoms with Crippen LogP contribution < -0.4 is 0 Å². The maximum atomic E-state index is 6.01. The van der Waals surface area contributed by atoms with Gasteiger partial charge in [0.15, 0.2) is 5.65 Å². The molecule has 3 heterocycles. The van der Waals surface area contributed by atoms with Crippen LogP contribution in [-0.4, -0.2) is 29.5 Å². The Labute approximate surface area is 137 Å². The molecule has 0 spiro atoms. The van der Waals surface area contributed by atoms with Gasteiger partial charge in [0.2, 0.25) is 5.28 Å². The molecule has 6 nitrogen and oxygen atoms in total. The van der Waals surface area contributed by atoms with E-state index in [2.05, 4.69) is 42.5 Å². The lowest BCUT2D eigenvalue weighted by atomic mass is 10.1. The highest BCUT2D eigenvalue weighted by Gasteiger charge is 2.12. The van der Waals surface area contributed by atoms with Gasteiger partial charge in [0.05, 0.1) is 23.7 Å². The Kier molecular flexibility index (Phi) is 3.46. The number of nitrogens with one attached hydrogen (secondary N) is 1. The van der Waals surface area contributed by atoms with Gasteiger partial charge in [-0.3, -0.25) is 0 Å². The summed E-state index contributed by atoms with van der Waals surface area (Å²) in [7, 11) is 0. The molecule has 23 heavy (non-hydrogen) atoms. The molecule has 1 N–H and O–H groups in total. The van der Waals surface area contributed by atoms with Crippen molar-refractivity contribution in [3.8, 4) is 11.3 Å². The van der Waals surface area contributed by atoms with Crippen molar-refractivity contribution in [2.75, 3.05) is 0 Å². The molecule has 4 rings (SSSR count). The van der Waals surface area contributed by atoms with Gasteiger partial charge in [-0.1, -0.05) is 19.4 Å². The van der Waals surface area contributed by atoms with Crippen molar-refractivity contribution in [3.05, 3.63) is 36.1 Å². The smallest absolute Gasteiger partial charge is 0.225 e. The quantitative estimate of drug-likeness (QED) is 0.579. The van der Waals surface area contributed by atoms with E-state index in [-0.39, 0.29) is 5.28 Å². The van der Waals surface area contributed by atoms with Gasteiger partial charge in [0.1, 0.15) is 11.2 Å². The summed E-state index contributed by atoms with van der Waals surface area (Å²) < 4.78 is 2.18. The Hall–Kier alpha value is -2.47. The molecule has 3 aromatic heterocycles. The highest BCUT2D eigenvalue weighted by molar-refractivity contribution is 6.28. The van der Waals surface area contributed by atoms with Crippen molar-refractivity contribution in [1.82, 2.24) is 29.5 Å². The number of aryl methyl sites for hydroxylation is 1. The van der Waals surface area contributed by atoms with Crippen LogP contribution in [0, 0.1) is 0 Å². The molecule has 0 saturated carbocycles. The van der Waals surface area contributed by atoms with Gasteiger partial charge in [-0.2, -0.15) is 4.98 Å². The number of fused-ring (bicyclic) bond motifs is 2. The van der Waals surface area contributed by atoms with Gasteiger partial charge in [-0.25, -0.2) is 15.0 Å². The van der Waals surface area contributed by atoms with Crippen LogP contribution in [0.2, 0.25) is 5.28 Å². The molecule has 0 fully saturated rings. The largest absolute Gasteiger partial charge is 0.341 e. The highest BCUT2D eigenvalue weighted by Crippen LogP contribution is 2.27. The number of halogens is 1. The fourth-order valence-corrected chi connectivity index (χ4v) is 2.90. The van der Waals surface area contributed by atoms with E-state index in [4.69, 9.17) is 11.6 Å². The minimum Gasteiger partial charge on any atom is -0.341 e. The predicted molar refractivity (Wildman–Crippen MR) is 90.3 cm³/mol. The zero-order chi connectivity index (χ0) is 15.8. The molecular formula is C16H15ClN6. The van der Waals surface area contributed by atoms with Gasteiger partial charge in [0, 0.05) is 12.1 Å². The number of nitrogens with zero attached hydrogens (tertiary/aromatic N) is 5. The monoisotopic (exact) mass is 326 g/mol. The third kappa shape index (κ3) is 2.45. The molecule has 0 aliphatic carbocycles. The molecule has 7 heteroatoms. The lowest BCUT2D eigenvalue weighted by molar-refractivity contribution is 0.646. The predicted octanol–water partition coefficient (Wildman–Crippen LogP) is 3.82. The second-order valence-electron chi connectivity index (χ2n) is 5.44. The Bertz CT molecular complexity index is 987. The van der Waals surface area contributed by atoms with E-state index < -0.39 is 0 Å². The summed E-state index contributed by atoms with van der Waals surface area (Å²) in [4.78, 5) is 20.2. The van der Waals surface area contributed by atoms with Crippen molar-refractivity contribution in [1.29, 1.82) is 0 Å². The molecule has 0 bridgehead atoms.